The van der Waals surface area contributed by atoms with Crippen molar-refractivity contribution in [1.29, 1.82) is 0 Å². The van der Waals surface area contributed by atoms with Gasteiger partial charge in [-0.3, -0.25) is 24.3 Å². The zero-order valence-corrected chi connectivity index (χ0v) is 45.4. The third kappa shape index (κ3) is 10.6. The van der Waals surface area contributed by atoms with E-state index in [0.717, 1.165) is 24.1 Å². The minimum absolute atomic E-state index is 0.0578. The number of halogens is 1. The molecule has 9 rings (SSSR count). The zero-order valence-electron chi connectivity index (χ0n) is 43.7. The number of amides is 3. The molecular formula is C53H64FN13O7S2. The van der Waals surface area contributed by atoms with Gasteiger partial charge in [0.1, 0.15) is 56.4 Å². The van der Waals surface area contributed by atoms with E-state index in [1.165, 1.54) is 48.1 Å². The maximum Gasteiger partial charge on any atom is 0.274 e. The first-order valence-corrected chi connectivity index (χ1v) is 27.9. The van der Waals surface area contributed by atoms with Crippen LogP contribution in [0.4, 0.5) is 21.8 Å². The maximum absolute atomic E-state index is 14.8. The fourth-order valence-electron chi connectivity index (χ4n) is 10.4. The van der Waals surface area contributed by atoms with E-state index in [-0.39, 0.29) is 58.1 Å². The Bertz CT molecular complexity index is 3260. The lowest BCUT2D eigenvalue weighted by molar-refractivity contribution is -0.147. The van der Waals surface area contributed by atoms with E-state index in [0.29, 0.717) is 97.3 Å². The van der Waals surface area contributed by atoms with Crippen molar-refractivity contribution in [2.45, 2.75) is 101 Å². The molecule has 3 saturated heterocycles. The summed E-state index contributed by atoms with van der Waals surface area (Å²) in [5.74, 6) is -1.22. The number of aromatic nitrogens is 7. The molecular weight excluding hydrogens is 1010 g/mol. The lowest BCUT2D eigenvalue weighted by Gasteiger charge is -2.44. The van der Waals surface area contributed by atoms with Crippen molar-refractivity contribution in [1.82, 2.24) is 50.2 Å². The smallest absolute Gasteiger partial charge is 0.274 e. The van der Waals surface area contributed by atoms with Crippen molar-refractivity contribution in [3.05, 3.63) is 99.5 Å². The molecule has 7 heterocycles. The number of piperidine rings is 2. The lowest BCUT2D eigenvalue weighted by atomic mass is 9.71. The molecule has 3 atom stereocenters. The molecule has 4 aromatic heterocycles. The van der Waals surface area contributed by atoms with Gasteiger partial charge in [-0.15, -0.1) is 11.3 Å². The van der Waals surface area contributed by atoms with Gasteiger partial charge in [0, 0.05) is 66.4 Å². The van der Waals surface area contributed by atoms with Crippen LogP contribution in [-0.4, -0.2) is 134 Å². The molecule has 0 aliphatic carbocycles. The van der Waals surface area contributed by atoms with Crippen LogP contribution in [0, 0.1) is 37.4 Å². The second kappa shape index (κ2) is 21.6. The van der Waals surface area contributed by atoms with Gasteiger partial charge < -0.3 is 35.8 Å². The number of hydrogen-bond donors (Lipinski definition) is 4. The highest BCUT2D eigenvalue weighted by Crippen LogP contribution is 2.42. The molecule has 1 unspecified atom stereocenters. The normalized spacial score (nSPS) is 18.2. The van der Waals surface area contributed by atoms with Crippen LogP contribution in [0.25, 0.3) is 10.9 Å². The van der Waals surface area contributed by atoms with Gasteiger partial charge in [0.15, 0.2) is 15.7 Å². The van der Waals surface area contributed by atoms with Crippen LogP contribution in [0.1, 0.15) is 115 Å². The number of fused-ring (bicyclic) bond motifs is 1. The van der Waals surface area contributed by atoms with Crippen molar-refractivity contribution >= 4 is 73.0 Å². The van der Waals surface area contributed by atoms with E-state index in [2.05, 4.69) is 50.7 Å². The Balaban J connectivity index is 0.815. The monoisotopic (exact) mass is 1080 g/mol. The Morgan fingerprint density at radius 3 is 2.26 bits per heavy atom. The number of carbonyl (C=O) groups excluding carboxylic acids is 4. The molecule has 5 N–H and O–H groups in total. The first-order valence-electron chi connectivity index (χ1n) is 25.5. The molecule has 23 heteroatoms. The summed E-state index contributed by atoms with van der Waals surface area (Å²) in [6, 6.07) is 8.10. The number of nitrogens with two attached hydrogens (primary N) is 1. The van der Waals surface area contributed by atoms with Crippen LogP contribution < -0.4 is 26.0 Å². The molecule has 3 amide bonds. The summed E-state index contributed by atoms with van der Waals surface area (Å²) in [5.41, 5.74) is 7.66. The molecule has 76 heavy (non-hydrogen) atoms. The molecule has 3 fully saturated rings. The summed E-state index contributed by atoms with van der Waals surface area (Å²) < 4.78 is 47.0. The third-order valence-corrected chi connectivity index (χ3v) is 18.9. The zero-order chi connectivity index (χ0) is 54.3. The molecule has 3 aliphatic rings. The molecule has 0 spiro atoms. The summed E-state index contributed by atoms with van der Waals surface area (Å²) in [5, 5.41) is 16.3. The number of aromatic amines is 1. The molecule has 0 bridgehead atoms. The lowest BCUT2D eigenvalue weighted by Crippen LogP contribution is -2.63. The number of likely N-dealkylation sites (N-methyl/N-ethyl adjacent to an activating group) is 1. The molecule has 2 aromatic carbocycles. The summed E-state index contributed by atoms with van der Waals surface area (Å²) in [4.78, 5) is 83.5. The van der Waals surface area contributed by atoms with Crippen LogP contribution in [0.15, 0.2) is 65.4 Å². The first-order chi connectivity index (χ1) is 36.2. The van der Waals surface area contributed by atoms with Crippen molar-refractivity contribution in [3.63, 3.8) is 0 Å². The van der Waals surface area contributed by atoms with Gasteiger partial charge in [0.25, 0.3) is 5.91 Å². The summed E-state index contributed by atoms with van der Waals surface area (Å²) >= 11 is 1.28. The summed E-state index contributed by atoms with van der Waals surface area (Å²) in [7, 11) is -2.26. The predicted octanol–water partition coefficient (Wildman–Crippen LogP) is 6.49. The van der Waals surface area contributed by atoms with Crippen molar-refractivity contribution < 1.29 is 36.7 Å². The fraction of sp³-hybridized carbons (Fsp3) is 0.472. The number of carbonyl (C=O) groups is 4. The summed E-state index contributed by atoms with van der Waals surface area (Å²) in [6.45, 7) is 13.1. The number of ether oxygens (including phenoxy) is 1. The Labute approximate surface area is 444 Å². The van der Waals surface area contributed by atoms with Gasteiger partial charge in [0.2, 0.25) is 17.6 Å². The number of primary amides is 1. The molecule has 6 aromatic rings. The maximum atomic E-state index is 14.8. The highest BCUT2D eigenvalue weighted by molar-refractivity contribution is 7.92. The number of benzene rings is 2. The van der Waals surface area contributed by atoms with Gasteiger partial charge >= 0.3 is 0 Å². The quantitative estimate of drug-likeness (QED) is 0.0755. The van der Waals surface area contributed by atoms with E-state index in [4.69, 9.17) is 10.5 Å². The standard InChI is InChI=1S/C53H64FN13O7S2/c1-30-31(2)63-64-46(30)62-47-36-23-42(76(72,73)52(3,4)5)41(24-37(36)59-29-60-47)74-27-32-14-19-65(20-15-32)43-26-57-38(25-58-43)49(69)66-21-16-33(17-22-66)44(53(6,56-7)51(55)71)50(70)67-18-8-9-40(67)48-61-39(28-75-48)45(68)34-10-12-35(54)13-11-34/h10-13,23-26,28-29,32-33,40,44,56H,8-9,14-22,27H2,1-7H3,(H2,55,71)(H2,59,60,62,63,64)/t40-,44+,53?/m0/s1. The second-order valence-electron chi connectivity index (χ2n) is 21.1. The molecule has 3 aliphatic heterocycles. The number of aryl methyl sites for hydroxylation is 1. The molecule has 0 radical (unpaired) electrons. The van der Waals surface area contributed by atoms with Crippen molar-refractivity contribution in [2.24, 2.45) is 23.5 Å². The SMILES string of the molecule is CNC(C)(C(N)=O)[C@@H](C(=O)N1CCC[C@H]1c1nc(C(=O)c2ccc(F)cc2)cs1)C1CCN(C(=O)c2cnc(N3CCC(COc4cc5ncnc(Nc6n[nH]c(C)c6C)c5cc4S(=O)(=O)C(C)(C)C)CC3)cn2)CC1. The highest BCUT2D eigenvalue weighted by Gasteiger charge is 2.51. The number of sulfone groups is 1. The topological polar surface area (TPSA) is 265 Å². The first kappa shape index (κ1) is 53.8. The number of nitrogens with zero attached hydrogens (tertiary/aromatic N) is 9. The van der Waals surface area contributed by atoms with Crippen LogP contribution in [0.3, 0.4) is 0 Å². The number of nitrogens with one attached hydrogen (secondary N) is 3. The van der Waals surface area contributed by atoms with E-state index in [1.807, 2.05) is 13.8 Å². The Morgan fingerprint density at radius 2 is 1.63 bits per heavy atom. The van der Waals surface area contributed by atoms with Crippen LogP contribution in [-0.2, 0) is 19.4 Å². The fourth-order valence-corrected chi connectivity index (χ4v) is 12.6. The molecule has 0 saturated carbocycles. The highest BCUT2D eigenvalue weighted by atomic mass is 32.2. The van der Waals surface area contributed by atoms with Crippen molar-refractivity contribution in [2.75, 3.05) is 56.6 Å². The van der Waals surface area contributed by atoms with Gasteiger partial charge in [-0.25, -0.2) is 37.7 Å². The Morgan fingerprint density at radius 1 is 0.908 bits per heavy atom. The number of rotatable bonds is 16. The average Bonchev–Trinajstić information content (AvgIpc) is 4.25. The number of anilines is 3. The van der Waals surface area contributed by atoms with E-state index in [1.54, 1.807) is 68.3 Å². The number of H-pyrrole nitrogens is 1. The third-order valence-electron chi connectivity index (χ3n) is 15.5. The van der Waals surface area contributed by atoms with Crippen LogP contribution >= 0.6 is 11.3 Å². The van der Waals surface area contributed by atoms with E-state index >= 15 is 0 Å². The number of ketones is 1. The molecule has 20 nitrogen and oxygen atoms in total. The van der Waals surface area contributed by atoms with E-state index in [9.17, 15) is 32.0 Å². The van der Waals surface area contributed by atoms with Gasteiger partial charge in [-0.1, -0.05) is 0 Å². The number of likely N-dealkylation sites (tertiary alicyclic amines) is 2. The van der Waals surface area contributed by atoms with E-state index < -0.39 is 43.8 Å². The largest absolute Gasteiger partial charge is 0.492 e. The summed E-state index contributed by atoms with van der Waals surface area (Å²) in [6.07, 6.45) is 8.15. The number of thiazole rings is 1. The average molecular weight is 1080 g/mol. The predicted molar refractivity (Wildman–Crippen MR) is 285 cm³/mol. The van der Waals surface area contributed by atoms with Crippen LogP contribution in [0.2, 0.25) is 0 Å². The van der Waals surface area contributed by atoms with Gasteiger partial charge in [-0.05, 0) is 129 Å². The minimum Gasteiger partial charge on any atom is -0.492 e. The van der Waals surface area contributed by atoms with Crippen LogP contribution in [0.5, 0.6) is 5.75 Å². The minimum atomic E-state index is -3.87. The Hall–Kier alpha value is -6.98. The number of hydrogen-bond acceptors (Lipinski definition) is 17. The van der Waals surface area contributed by atoms with Gasteiger partial charge in [0.05, 0.1) is 41.2 Å². The Kier molecular flexibility index (Phi) is 15.3. The molecule has 402 valence electrons. The second-order valence-corrected chi connectivity index (χ2v) is 24.7. The van der Waals surface area contributed by atoms with Crippen molar-refractivity contribution in [3.8, 4) is 5.75 Å². The van der Waals surface area contributed by atoms with Gasteiger partial charge in [-0.2, -0.15) is 5.10 Å².